The van der Waals surface area contributed by atoms with Crippen LogP contribution >= 0.6 is 0 Å². The van der Waals surface area contributed by atoms with E-state index in [1.807, 2.05) is 0 Å². The number of hydrogen-bond donors (Lipinski definition) is 3. The van der Waals surface area contributed by atoms with E-state index in [-0.39, 0.29) is 74.6 Å². The second kappa shape index (κ2) is 18.0. The molecule has 0 atom stereocenters. The van der Waals surface area contributed by atoms with Crippen molar-refractivity contribution in [3.63, 3.8) is 0 Å². The topological polar surface area (TPSA) is 112 Å². The minimum atomic E-state index is -0.125. The van der Waals surface area contributed by atoms with Crippen LogP contribution in [0.15, 0.2) is 35.5 Å². The molecule has 7 heteroatoms. The van der Waals surface area contributed by atoms with Gasteiger partial charge in [-0.2, -0.15) is 0 Å². The summed E-state index contributed by atoms with van der Waals surface area (Å²) in [7, 11) is 0. The van der Waals surface area contributed by atoms with Crippen LogP contribution in [0.1, 0.15) is 41.5 Å². The van der Waals surface area contributed by atoms with Crippen molar-refractivity contribution in [2.24, 2.45) is 0 Å². The molecule has 0 amide bonds. The zero-order chi connectivity index (χ0) is 17.6. The van der Waals surface area contributed by atoms with Crippen molar-refractivity contribution in [2.45, 2.75) is 41.5 Å². The normalized spacial score (nSPS) is 10.9. The number of aliphatic hydroxyl groups excluding tert-OH is 3. The number of allylic oxidation sites excluding steroid dienone is 6. The van der Waals surface area contributed by atoms with Crippen LogP contribution in [0.2, 0.25) is 0 Å². The van der Waals surface area contributed by atoms with E-state index in [9.17, 15) is 14.4 Å². The predicted molar refractivity (Wildman–Crippen MR) is 81.2 cm³/mol. The summed E-state index contributed by atoms with van der Waals surface area (Å²) in [5, 5.41) is 25.1. The summed E-state index contributed by atoms with van der Waals surface area (Å²) in [6.45, 7) is 8.54. The van der Waals surface area contributed by atoms with Gasteiger partial charge in [0.2, 0.25) is 0 Å². The summed E-state index contributed by atoms with van der Waals surface area (Å²) in [6.07, 6.45) is 3.50. The van der Waals surface area contributed by atoms with E-state index in [1.165, 1.54) is 59.8 Å². The van der Waals surface area contributed by atoms with Gasteiger partial charge in [-0.15, -0.1) is 0 Å². The van der Waals surface area contributed by atoms with E-state index in [2.05, 4.69) is 0 Å². The molecule has 0 aliphatic carbocycles. The summed E-state index contributed by atoms with van der Waals surface area (Å²) in [4.78, 5) is 30.1. The van der Waals surface area contributed by atoms with Gasteiger partial charge < -0.3 is 15.3 Å². The average Bonchev–Trinajstić information content (AvgIpc) is 2.10. The fraction of sp³-hybridized carbons (Fsp3) is 0.400. The molecule has 0 bridgehead atoms. The molecule has 0 fully saturated rings. The molecule has 0 aliphatic rings. The van der Waals surface area contributed by atoms with Gasteiger partial charge in [0.1, 0.15) is 0 Å². The molecule has 0 rings (SSSR count). The zero-order valence-electron chi connectivity index (χ0n) is 13.7. The van der Waals surface area contributed by atoms with Gasteiger partial charge in [0, 0.05) is 58.2 Å². The third kappa shape index (κ3) is 50.9. The Morgan fingerprint density at radius 3 is 0.682 bits per heavy atom. The molecule has 0 saturated heterocycles. The van der Waals surface area contributed by atoms with Gasteiger partial charge in [-0.05, 0) is 41.5 Å². The molecule has 0 spiro atoms. The third-order valence-corrected chi connectivity index (χ3v) is 1.24. The molecule has 0 radical (unpaired) electrons. The number of carbonyl (C=O) groups is 3. The maximum atomic E-state index is 10.0. The average molecular weight is 458 g/mol. The van der Waals surface area contributed by atoms with E-state index >= 15 is 0 Å². The predicted octanol–water partition coefficient (Wildman–Crippen LogP) is 3.11. The van der Waals surface area contributed by atoms with Gasteiger partial charge in [0.25, 0.3) is 0 Å². The number of carbonyl (C=O) groups excluding carboxylic acids is 3. The first-order valence-corrected chi connectivity index (χ1v) is 6.02. The van der Waals surface area contributed by atoms with Crippen LogP contribution < -0.4 is 0 Å². The van der Waals surface area contributed by atoms with E-state index < -0.39 is 0 Å². The summed E-state index contributed by atoms with van der Waals surface area (Å²) in [5.41, 5.74) is 0. The monoisotopic (exact) mass is 458 g/mol. The molecule has 3 N–H and O–H groups in total. The zero-order valence-corrected chi connectivity index (χ0v) is 15.9. The molecule has 0 aliphatic heterocycles. The molecule has 0 aromatic carbocycles. The van der Waals surface area contributed by atoms with Crippen molar-refractivity contribution in [3.05, 3.63) is 35.5 Å². The van der Waals surface area contributed by atoms with Gasteiger partial charge in [-0.25, -0.2) is 0 Å². The van der Waals surface area contributed by atoms with Crippen molar-refractivity contribution in [1.82, 2.24) is 0 Å². The standard InChI is InChI=1S/3C5H8O2.Gd/c3*1-4(6)3-5(2)7;/h3*3,6H,1-2H3;/b3*4-3-;. The molecular formula is C15H24GdO6. The smallest absolute Gasteiger partial charge is 0.155 e. The van der Waals surface area contributed by atoms with Gasteiger partial charge in [0.15, 0.2) is 17.3 Å². The SMILES string of the molecule is CC(=O)/C=C(/C)O.CC(=O)/C=C(/C)O.CC(=O)/C=C(/C)O.[Gd]. The van der Waals surface area contributed by atoms with E-state index in [0.29, 0.717) is 0 Å². The Morgan fingerprint density at radius 2 is 0.682 bits per heavy atom. The minimum absolute atomic E-state index is 0. The number of ketones is 3. The molecule has 0 aromatic rings. The Hall–Kier alpha value is -1.05. The van der Waals surface area contributed by atoms with Crippen molar-refractivity contribution in [1.29, 1.82) is 0 Å². The van der Waals surface area contributed by atoms with Crippen LogP contribution in [0.3, 0.4) is 0 Å². The molecule has 128 valence electrons. The van der Waals surface area contributed by atoms with Crippen LogP contribution in [0.4, 0.5) is 0 Å². The van der Waals surface area contributed by atoms with Crippen LogP contribution in [0.25, 0.3) is 0 Å². The molecular weight excluding hydrogens is 433 g/mol. The van der Waals surface area contributed by atoms with Gasteiger partial charge >= 0.3 is 0 Å². The van der Waals surface area contributed by atoms with Gasteiger partial charge in [-0.1, -0.05) is 0 Å². The summed E-state index contributed by atoms with van der Waals surface area (Å²) < 4.78 is 0. The van der Waals surface area contributed by atoms with Crippen molar-refractivity contribution in [3.8, 4) is 0 Å². The fourth-order valence-electron chi connectivity index (χ4n) is 0.882. The van der Waals surface area contributed by atoms with Crippen LogP contribution in [-0.2, 0) is 14.4 Å². The van der Waals surface area contributed by atoms with Crippen molar-refractivity contribution < 1.29 is 69.6 Å². The molecule has 0 saturated carbocycles. The van der Waals surface area contributed by atoms with Crippen LogP contribution in [-0.4, -0.2) is 32.7 Å². The van der Waals surface area contributed by atoms with E-state index in [0.717, 1.165) is 0 Å². The molecule has 0 unspecified atom stereocenters. The Labute approximate surface area is 163 Å². The quantitative estimate of drug-likeness (QED) is 0.443. The first kappa shape index (κ1) is 29.0. The first-order chi connectivity index (χ1) is 9.38. The number of hydrogen-bond acceptors (Lipinski definition) is 6. The van der Waals surface area contributed by atoms with Crippen molar-refractivity contribution >= 4 is 17.3 Å². The maximum Gasteiger partial charge on any atom is 0.155 e. The van der Waals surface area contributed by atoms with Crippen LogP contribution in [0.5, 0.6) is 0 Å². The molecule has 22 heavy (non-hydrogen) atoms. The van der Waals surface area contributed by atoms with Gasteiger partial charge in [-0.3, -0.25) is 14.4 Å². The summed E-state index contributed by atoms with van der Waals surface area (Å²) in [5.74, 6) is -0.187. The summed E-state index contributed by atoms with van der Waals surface area (Å²) in [6, 6.07) is 0. The Kier molecular flexibility index (Phi) is 23.8. The molecule has 6 nitrogen and oxygen atoms in total. The van der Waals surface area contributed by atoms with Crippen LogP contribution in [0, 0.1) is 39.9 Å². The molecule has 0 aromatic heterocycles. The minimum Gasteiger partial charge on any atom is -0.512 e. The Morgan fingerprint density at radius 1 is 0.545 bits per heavy atom. The van der Waals surface area contributed by atoms with Gasteiger partial charge in [0.05, 0.1) is 17.3 Å². The van der Waals surface area contributed by atoms with Crippen molar-refractivity contribution in [2.75, 3.05) is 0 Å². The number of aliphatic hydroxyl groups is 3. The Balaban J connectivity index is -0.000000108. The summed E-state index contributed by atoms with van der Waals surface area (Å²) >= 11 is 0. The van der Waals surface area contributed by atoms with E-state index in [1.54, 1.807) is 0 Å². The first-order valence-electron chi connectivity index (χ1n) is 6.02. The maximum absolute atomic E-state index is 10.0. The number of rotatable bonds is 3. The molecule has 0 heterocycles. The fourth-order valence-corrected chi connectivity index (χ4v) is 0.882. The largest absolute Gasteiger partial charge is 0.512 e. The van der Waals surface area contributed by atoms with E-state index in [4.69, 9.17) is 15.3 Å². The second-order valence-electron chi connectivity index (χ2n) is 4.19. The third-order valence-electron chi connectivity index (χ3n) is 1.24. The Bertz CT molecular complexity index is 368. The second-order valence-corrected chi connectivity index (χ2v) is 4.19.